The second-order valence-electron chi connectivity index (χ2n) is 6.96. The summed E-state index contributed by atoms with van der Waals surface area (Å²) in [6.45, 7) is 0.173. The molecule has 0 saturated carbocycles. The first kappa shape index (κ1) is 30.1. The van der Waals surface area contributed by atoms with Gasteiger partial charge in [0.2, 0.25) is 0 Å². The number of aromatic amines is 1. The predicted molar refractivity (Wildman–Crippen MR) is 113 cm³/mol. The third kappa shape index (κ3) is 9.37. The first-order valence-corrected chi connectivity index (χ1v) is 14.0. The highest BCUT2D eigenvalue weighted by Gasteiger charge is 2.44. The molecule has 0 aromatic carbocycles. The molecule has 0 spiro atoms. The Balaban J connectivity index is 2.19. The van der Waals surface area contributed by atoms with E-state index in [1.165, 1.54) is 6.92 Å². The van der Waals surface area contributed by atoms with E-state index in [4.69, 9.17) is 24.8 Å². The highest BCUT2D eigenvalue weighted by molar-refractivity contribution is 7.66. The Morgan fingerprint density at radius 1 is 1.25 bits per heavy atom. The zero-order valence-electron chi connectivity index (χ0n) is 18.0. The molecule has 1 aromatic rings. The van der Waals surface area contributed by atoms with Gasteiger partial charge >= 0.3 is 35.1 Å². The SMILES string of the molecule is Cc1cn(C2CC(OC(=O)CCN=[N+]=[N-])C(COP(=O)(O)OP(=O)(O)OP(=O)(O)O)O2)c(=O)[nH]c1=O. The number of carbonyl (C=O) groups excluding carboxylic acids is 1. The van der Waals surface area contributed by atoms with Crippen molar-refractivity contribution in [3.63, 3.8) is 0 Å². The van der Waals surface area contributed by atoms with Crippen molar-refractivity contribution < 1.29 is 60.7 Å². The van der Waals surface area contributed by atoms with Crippen LogP contribution in [-0.2, 0) is 41.1 Å². The molecule has 1 aliphatic heterocycles. The van der Waals surface area contributed by atoms with Crippen molar-refractivity contribution in [2.45, 2.75) is 38.2 Å². The maximum absolute atomic E-state index is 12.2. The Morgan fingerprint density at radius 2 is 1.92 bits per heavy atom. The van der Waals surface area contributed by atoms with E-state index in [1.807, 2.05) is 4.98 Å². The van der Waals surface area contributed by atoms with Crippen molar-refractivity contribution in [3.05, 3.63) is 43.0 Å². The summed E-state index contributed by atoms with van der Waals surface area (Å²) in [5.74, 6) is -0.884. The topological polar surface area (TPSA) is 299 Å². The predicted octanol–water partition coefficient (Wildman–Crippen LogP) is 0.0880. The van der Waals surface area contributed by atoms with Crippen LogP contribution in [0.4, 0.5) is 0 Å². The normalized spacial score (nSPS) is 23.3. The molecule has 1 aliphatic rings. The van der Waals surface area contributed by atoms with Crippen LogP contribution in [0.15, 0.2) is 20.9 Å². The average molecular weight is 579 g/mol. The molecule has 0 amide bonds. The molecule has 1 saturated heterocycles. The second-order valence-corrected chi connectivity index (χ2v) is 11.4. The number of aryl methyl sites for hydroxylation is 1. The second kappa shape index (κ2) is 11.9. The van der Waals surface area contributed by atoms with Gasteiger partial charge in [0.15, 0.2) is 0 Å². The van der Waals surface area contributed by atoms with Crippen LogP contribution in [0.3, 0.4) is 0 Å². The molecule has 5 unspecified atom stereocenters. The van der Waals surface area contributed by atoms with Crippen LogP contribution in [0.2, 0.25) is 0 Å². The molecule has 202 valence electrons. The van der Waals surface area contributed by atoms with E-state index in [0.717, 1.165) is 10.8 Å². The Hall–Kier alpha value is -2.17. The van der Waals surface area contributed by atoms with Crippen LogP contribution >= 0.6 is 23.5 Å². The van der Waals surface area contributed by atoms with Gasteiger partial charge in [0.05, 0.1) is 13.0 Å². The van der Waals surface area contributed by atoms with Gasteiger partial charge in [0.1, 0.15) is 18.4 Å². The molecule has 0 aliphatic carbocycles. The average Bonchev–Trinajstić information content (AvgIpc) is 3.09. The molecule has 0 bridgehead atoms. The van der Waals surface area contributed by atoms with Gasteiger partial charge in [-0.25, -0.2) is 18.5 Å². The lowest BCUT2D eigenvalue weighted by atomic mass is 10.2. The van der Waals surface area contributed by atoms with Gasteiger partial charge in [-0.3, -0.25) is 23.7 Å². The summed E-state index contributed by atoms with van der Waals surface area (Å²) >= 11 is 0. The molecule has 20 nitrogen and oxygen atoms in total. The molecule has 36 heavy (non-hydrogen) atoms. The quantitative estimate of drug-likeness (QED) is 0.0720. The van der Waals surface area contributed by atoms with Crippen molar-refractivity contribution in [3.8, 4) is 0 Å². The van der Waals surface area contributed by atoms with Crippen molar-refractivity contribution in [2.24, 2.45) is 5.11 Å². The van der Waals surface area contributed by atoms with Crippen LogP contribution in [0, 0.1) is 6.92 Å². The first-order valence-electron chi connectivity index (χ1n) is 9.48. The van der Waals surface area contributed by atoms with E-state index in [9.17, 15) is 37.9 Å². The van der Waals surface area contributed by atoms with E-state index in [-0.39, 0.29) is 24.9 Å². The van der Waals surface area contributed by atoms with Crippen LogP contribution in [0.1, 0.15) is 24.6 Å². The Morgan fingerprint density at radius 3 is 2.53 bits per heavy atom. The number of azide groups is 1. The minimum absolute atomic E-state index is 0.123. The van der Waals surface area contributed by atoms with Gasteiger partial charge in [-0.1, -0.05) is 5.11 Å². The fraction of sp³-hybridized carbons (Fsp3) is 0.615. The summed E-state index contributed by atoms with van der Waals surface area (Å²) in [5, 5.41) is 3.17. The third-order valence-electron chi connectivity index (χ3n) is 4.22. The lowest BCUT2D eigenvalue weighted by Crippen LogP contribution is -2.33. The van der Waals surface area contributed by atoms with Crippen molar-refractivity contribution in [1.82, 2.24) is 9.55 Å². The zero-order chi connectivity index (χ0) is 27.3. The number of nitrogens with zero attached hydrogens (tertiary/aromatic N) is 4. The van der Waals surface area contributed by atoms with E-state index in [2.05, 4.69) is 23.2 Å². The van der Waals surface area contributed by atoms with Crippen LogP contribution in [-0.4, -0.2) is 60.5 Å². The summed E-state index contributed by atoms with van der Waals surface area (Å²) in [7, 11) is -16.9. The van der Waals surface area contributed by atoms with Crippen LogP contribution in [0.5, 0.6) is 0 Å². The zero-order valence-corrected chi connectivity index (χ0v) is 20.7. The Labute approximate surface area is 199 Å². The fourth-order valence-corrected chi connectivity index (χ4v) is 5.86. The highest BCUT2D eigenvalue weighted by atomic mass is 31.3. The van der Waals surface area contributed by atoms with Gasteiger partial charge in [-0.2, -0.15) is 8.62 Å². The number of nitrogens with one attached hydrogen (secondary N) is 1. The molecule has 23 heteroatoms. The molecule has 5 atom stereocenters. The molecular weight excluding hydrogens is 559 g/mol. The van der Waals surface area contributed by atoms with Gasteiger partial charge < -0.3 is 29.0 Å². The molecule has 2 heterocycles. The van der Waals surface area contributed by atoms with Gasteiger partial charge in [-0.05, 0) is 12.5 Å². The number of carbonyl (C=O) groups is 1. The van der Waals surface area contributed by atoms with Crippen LogP contribution < -0.4 is 11.2 Å². The van der Waals surface area contributed by atoms with E-state index in [1.54, 1.807) is 0 Å². The Bertz CT molecular complexity index is 1280. The molecule has 0 radical (unpaired) electrons. The fourth-order valence-electron chi connectivity index (χ4n) is 2.83. The monoisotopic (exact) mass is 579 g/mol. The number of phosphoric acid groups is 3. The third-order valence-corrected chi connectivity index (χ3v) is 8.02. The first-order chi connectivity index (χ1) is 16.5. The molecule has 1 fully saturated rings. The van der Waals surface area contributed by atoms with E-state index in [0.29, 0.717) is 0 Å². The maximum Gasteiger partial charge on any atom is 0.490 e. The lowest BCUT2D eigenvalue weighted by Gasteiger charge is -2.21. The highest BCUT2D eigenvalue weighted by Crippen LogP contribution is 2.66. The van der Waals surface area contributed by atoms with Gasteiger partial charge in [0.25, 0.3) is 5.56 Å². The number of hydrogen-bond donors (Lipinski definition) is 5. The minimum atomic E-state index is -5.77. The lowest BCUT2D eigenvalue weighted by molar-refractivity contribution is -0.152. The summed E-state index contributed by atoms with van der Waals surface area (Å²) < 4.78 is 57.6. The minimum Gasteiger partial charge on any atom is -0.459 e. The maximum atomic E-state index is 12.2. The largest absolute Gasteiger partial charge is 0.490 e. The Kier molecular flexibility index (Phi) is 9.95. The number of H-pyrrole nitrogens is 1. The van der Waals surface area contributed by atoms with E-state index < -0.39 is 65.7 Å². The number of aromatic nitrogens is 2. The number of ether oxygens (including phenoxy) is 2. The number of esters is 1. The molecule has 2 rings (SSSR count). The van der Waals surface area contributed by atoms with Gasteiger partial charge in [-0.15, -0.1) is 0 Å². The molecular formula is C13H20N5O15P3. The van der Waals surface area contributed by atoms with Crippen LogP contribution in [0.25, 0.3) is 10.4 Å². The van der Waals surface area contributed by atoms with Crippen molar-refractivity contribution in [1.29, 1.82) is 0 Å². The van der Waals surface area contributed by atoms with Crippen molar-refractivity contribution >= 4 is 29.4 Å². The van der Waals surface area contributed by atoms with Crippen molar-refractivity contribution in [2.75, 3.05) is 13.2 Å². The molecule has 5 N–H and O–H groups in total. The number of rotatable bonds is 12. The summed E-state index contributed by atoms with van der Waals surface area (Å²) in [5.41, 5.74) is 6.85. The smallest absolute Gasteiger partial charge is 0.459 e. The summed E-state index contributed by atoms with van der Waals surface area (Å²) in [6, 6.07) is 0. The number of phosphoric ester groups is 1. The summed E-state index contributed by atoms with van der Waals surface area (Å²) in [4.78, 5) is 76.3. The van der Waals surface area contributed by atoms with E-state index >= 15 is 0 Å². The standard InChI is InChI=1S/C13H20N5O15P3/c1-7-5-18(13(21)16-12(7)20)10-4-8(31-11(19)2-3-15-17-14)9(30-10)6-29-35(25,26)33-36(27,28)32-34(22,23)24/h5,8-10H,2-4,6H2,1H3,(H,25,26)(H,27,28)(H,16,20,21)(H2,22,23,24). The van der Waals surface area contributed by atoms with Gasteiger partial charge in [0, 0.05) is 29.6 Å². The molecule has 1 aromatic heterocycles. The number of hydrogen-bond acceptors (Lipinski definition) is 12. The summed E-state index contributed by atoms with van der Waals surface area (Å²) in [6.07, 6.45) is -3.27.